The molecule has 0 radical (unpaired) electrons. The number of likely N-dealkylation sites (N-methyl/N-ethyl adjacent to an activating group) is 1. The van der Waals surface area contributed by atoms with Gasteiger partial charge in [0.05, 0.1) is 42.5 Å². The van der Waals surface area contributed by atoms with Gasteiger partial charge in [0.2, 0.25) is 6.79 Å². The second-order valence-corrected chi connectivity index (χ2v) is 16.8. The number of carbonyl (C=O) groups excluding carboxylic acids is 2. The van der Waals surface area contributed by atoms with Crippen molar-refractivity contribution >= 4 is 34.8 Å². The van der Waals surface area contributed by atoms with Crippen LogP contribution in [0.1, 0.15) is 62.0 Å². The summed E-state index contributed by atoms with van der Waals surface area (Å²) < 4.78 is 35.9. The number of nitrogens with zero attached hydrogens (tertiary/aromatic N) is 3. The van der Waals surface area contributed by atoms with Gasteiger partial charge in [0, 0.05) is 64.5 Å². The number of rotatable bonds is 3. The highest BCUT2D eigenvalue weighted by Gasteiger charge is 2.64. The molecule has 4 aromatic rings. The molecular formula is C42H41N5O9S. The number of phenolic OH excluding ortho intramolecular Hbond substituents is 1. The molecule has 294 valence electrons. The highest BCUT2D eigenvalue weighted by atomic mass is 32.2. The molecule has 57 heavy (non-hydrogen) atoms. The molecule has 4 bridgehead atoms. The smallest absolute Gasteiger partial charge is 0.504 e. The number of hydrogen-bond donors (Lipinski definition) is 3. The average molecular weight is 792 g/mol. The molecule has 1 spiro atoms. The van der Waals surface area contributed by atoms with Crippen molar-refractivity contribution in [2.45, 2.75) is 61.1 Å². The van der Waals surface area contributed by atoms with Gasteiger partial charge in [-0.3, -0.25) is 15.1 Å². The topological polar surface area (TPSA) is 168 Å². The van der Waals surface area contributed by atoms with Gasteiger partial charge < -0.3 is 38.5 Å². The average Bonchev–Trinajstić information content (AvgIpc) is 3.79. The summed E-state index contributed by atoms with van der Waals surface area (Å²) >= 11 is 1.51. The molecule has 9 heterocycles. The molecule has 2 saturated heterocycles. The van der Waals surface area contributed by atoms with E-state index in [1.54, 1.807) is 6.92 Å². The van der Waals surface area contributed by atoms with Crippen molar-refractivity contribution in [3.05, 3.63) is 87.8 Å². The van der Waals surface area contributed by atoms with E-state index in [9.17, 15) is 20.0 Å². The van der Waals surface area contributed by atoms with Crippen LogP contribution in [0.25, 0.3) is 10.9 Å². The van der Waals surface area contributed by atoms with Crippen LogP contribution >= 0.6 is 11.8 Å². The largest absolute Gasteiger partial charge is 0.518 e. The van der Waals surface area contributed by atoms with E-state index >= 15 is 0 Å². The van der Waals surface area contributed by atoms with Crippen molar-refractivity contribution in [2.24, 2.45) is 0 Å². The van der Waals surface area contributed by atoms with E-state index in [0.29, 0.717) is 59.0 Å². The Morgan fingerprint density at radius 1 is 1.16 bits per heavy atom. The Morgan fingerprint density at radius 2 is 1.96 bits per heavy atom. The van der Waals surface area contributed by atoms with Gasteiger partial charge in [0.15, 0.2) is 28.5 Å². The number of esters is 1. The lowest BCUT2D eigenvalue weighted by atomic mass is 9.76. The van der Waals surface area contributed by atoms with Crippen LogP contribution in [0.3, 0.4) is 0 Å². The lowest BCUT2D eigenvalue weighted by molar-refractivity contribution is -0.158. The number of methoxy groups -OCH3 is 1. The number of carbonyl (C=O) groups is 2. The van der Waals surface area contributed by atoms with E-state index in [4.69, 9.17) is 28.4 Å². The molecule has 12 rings (SSSR count). The monoisotopic (exact) mass is 791 g/mol. The number of aromatic hydroxyl groups is 1. The lowest BCUT2D eigenvalue weighted by Gasteiger charge is -2.60. The zero-order chi connectivity index (χ0) is 39.5. The van der Waals surface area contributed by atoms with E-state index in [1.165, 1.54) is 18.9 Å². The van der Waals surface area contributed by atoms with Crippen LogP contribution in [0.5, 0.6) is 28.7 Å². The van der Waals surface area contributed by atoms with E-state index in [1.807, 2.05) is 38.2 Å². The first-order valence-corrected chi connectivity index (χ1v) is 20.0. The number of piperazine rings is 1. The maximum atomic E-state index is 14.9. The molecule has 0 saturated carbocycles. The Hall–Kier alpha value is -5.40. The third-order valence-corrected chi connectivity index (χ3v) is 14.3. The summed E-state index contributed by atoms with van der Waals surface area (Å²) in [6.07, 6.45) is 1.01. The third-order valence-electron chi connectivity index (χ3n) is 12.8. The fourth-order valence-electron chi connectivity index (χ4n) is 10.7. The Bertz CT molecular complexity index is 2480. The number of ether oxygens (including phenoxy) is 6. The van der Waals surface area contributed by atoms with Gasteiger partial charge >= 0.3 is 12.1 Å². The standard InChI is InChI=1S/C42H41N5O9S/c1-6-52-40(50)56-34-21(3)35-36(55-19-54-35)28-26-15-53-39(49)42(38-24(11-12-44-42)23-9-7-8-10-25(23)45-38)18-57-37(29(28)34)31-30-27-22(13-20(2)33(51-5)32(27)48)14-41(16-43,47(26)31)17-46(30)4/h6-10,13,26,30-31,37,44-45,48H,1,11-12,14-15,17-19H2,2-5H3/t26?,30-,31?,37-,41+,42-/m1/s1. The molecule has 0 aliphatic carbocycles. The zero-order valence-electron chi connectivity index (χ0n) is 31.9. The molecule has 8 aliphatic heterocycles. The molecule has 3 aromatic carbocycles. The Balaban J connectivity index is 1.26. The number of benzene rings is 3. The highest BCUT2D eigenvalue weighted by molar-refractivity contribution is 7.99. The molecule has 15 heteroatoms. The van der Waals surface area contributed by atoms with Crippen molar-refractivity contribution in [3.8, 4) is 34.8 Å². The van der Waals surface area contributed by atoms with Gasteiger partial charge in [-0.2, -0.15) is 5.26 Å². The van der Waals surface area contributed by atoms with Gasteiger partial charge in [-0.25, -0.2) is 9.59 Å². The molecule has 8 aliphatic rings. The second-order valence-electron chi connectivity index (χ2n) is 15.7. The molecule has 7 atom stereocenters. The van der Waals surface area contributed by atoms with Crippen molar-refractivity contribution in [1.29, 1.82) is 5.26 Å². The third kappa shape index (κ3) is 4.81. The first kappa shape index (κ1) is 36.0. The van der Waals surface area contributed by atoms with Crippen LogP contribution in [0.2, 0.25) is 0 Å². The number of nitriles is 1. The molecule has 3 N–H and O–H groups in total. The zero-order valence-corrected chi connectivity index (χ0v) is 32.7. The molecule has 0 amide bonds. The minimum atomic E-state index is -1.28. The lowest BCUT2D eigenvalue weighted by Crippen LogP contribution is -2.69. The maximum Gasteiger partial charge on any atom is 0.518 e. The fraction of sp³-hybridized carbons (Fsp3) is 0.405. The molecule has 14 nitrogen and oxygen atoms in total. The normalized spacial score (nSPS) is 29.3. The number of aromatic amines is 1. The summed E-state index contributed by atoms with van der Waals surface area (Å²) in [4.78, 5) is 36.1. The summed E-state index contributed by atoms with van der Waals surface area (Å²) in [6, 6.07) is 10.9. The van der Waals surface area contributed by atoms with Crippen LogP contribution in [-0.2, 0) is 32.6 Å². The first-order valence-electron chi connectivity index (χ1n) is 19.0. The summed E-state index contributed by atoms with van der Waals surface area (Å²) in [5.74, 6) is 1.20. The van der Waals surface area contributed by atoms with Crippen LogP contribution in [-0.4, -0.2) is 90.0 Å². The minimum Gasteiger partial charge on any atom is -0.504 e. The van der Waals surface area contributed by atoms with E-state index < -0.39 is 46.6 Å². The summed E-state index contributed by atoms with van der Waals surface area (Å²) in [6.45, 7) is 7.83. The first-order chi connectivity index (χ1) is 27.6. The number of fused-ring (bicyclic) bond motifs is 8. The SMILES string of the molecule is C=COC(=O)Oc1c(C)c2c(c3c1[C@H]1SC[C@]4(NCCc5c4[nH]c4ccccc54)C(=O)OCC3N3C1[C@H]1c4c(cc(C)c(OC)c4O)C[C@]3(C#N)CN1C)OCO2. The Labute approximate surface area is 332 Å². The quantitative estimate of drug-likeness (QED) is 0.135. The molecule has 2 fully saturated rings. The molecular weight excluding hydrogens is 751 g/mol. The number of para-hydroxylation sites is 1. The summed E-state index contributed by atoms with van der Waals surface area (Å²) in [5, 5.41) is 27.7. The second kappa shape index (κ2) is 12.8. The predicted molar refractivity (Wildman–Crippen MR) is 208 cm³/mol. The number of aryl methyl sites for hydroxylation is 1. The van der Waals surface area contributed by atoms with Crippen LogP contribution < -0.4 is 24.3 Å². The van der Waals surface area contributed by atoms with Gasteiger partial charge in [-0.05, 0) is 50.1 Å². The Morgan fingerprint density at radius 3 is 2.75 bits per heavy atom. The number of thioether (sulfide) groups is 1. The van der Waals surface area contributed by atoms with E-state index in [2.05, 4.69) is 38.8 Å². The van der Waals surface area contributed by atoms with E-state index in [-0.39, 0.29) is 37.1 Å². The number of H-pyrrole nitrogens is 1. The highest BCUT2D eigenvalue weighted by Crippen LogP contribution is 2.65. The summed E-state index contributed by atoms with van der Waals surface area (Å²) in [7, 11) is 3.51. The number of hydrogen-bond acceptors (Lipinski definition) is 14. The minimum absolute atomic E-state index is 0.0191. The predicted octanol–water partition coefficient (Wildman–Crippen LogP) is 5.49. The van der Waals surface area contributed by atoms with Crippen molar-refractivity contribution in [2.75, 3.05) is 46.4 Å². The van der Waals surface area contributed by atoms with Gasteiger partial charge in [-0.15, -0.1) is 11.8 Å². The van der Waals surface area contributed by atoms with Gasteiger partial charge in [-0.1, -0.05) is 30.8 Å². The number of phenols is 1. The fourth-order valence-corrected chi connectivity index (χ4v) is 12.4. The Kier molecular flexibility index (Phi) is 8.08. The maximum absolute atomic E-state index is 14.9. The number of aromatic nitrogens is 1. The van der Waals surface area contributed by atoms with Crippen LogP contribution in [0.15, 0.2) is 43.2 Å². The van der Waals surface area contributed by atoms with Crippen molar-refractivity contribution in [3.63, 3.8) is 0 Å². The van der Waals surface area contributed by atoms with Crippen molar-refractivity contribution in [1.82, 2.24) is 20.1 Å². The van der Waals surface area contributed by atoms with Crippen molar-refractivity contribution < 1.29 is 43.1 Å². The van der Waals surface area contributed by atoms with Gasteiger partial charge in [0.25, 0.3) is 0 Å². The van der Waals surface area contributed by atoms with Gasteiger partial charge in [0.1, 0.15) is 17.9 Å². The van der Waals surface area contributed by atoms with Crippen LogP contribution in [0.4, 0.5) is 4.79 Å². The molecule has 1 aromatic heterocycles. The van der Waals surface area contributed by atoms with Crippen LogP contribution in [0, 0.1) is 25.2 Å². The number of nitrogens with one attached hydrogen (secondary N) is 2. The molecule has 3 unspecified atom stereocenters. The van der Waals surface area contributed by atoms with E-state index in [0.717, 1.165) is 39.5 Å². The summed E-state index contributed by atoms with van der Waals surface area (Å²) in [5.41, 5.74) is 4.30.